The van der Waals surface area contributed by atoms with Crippen molar-refractivity contribution in [2.45, 2.75) is 328 Å². The van der Waals surface area contributed by atoms with Crippen LogP contribution in [-0.4, -0.2) is 66.3 Å². The second-order valence-corrected chi connectivity index (χ2v) is 100. The first-order valence-electron chi connectivity index (χ1n) is 49.1. The second-order valence-electron chi connectivity index (χ2n) is 47.4. The predicted molar refractivity (Wildman–Crippen MR) is 576 cm³/mol. The van der Waals surface area contributed by atoms with Crippen molar-refractivity contribution < 1.29 is 22.8 Å². The summed E-state index contributed by atoms with van der Waals surface area (Å²) in [5, 5.41) is 0. The molecule has 0 aliphatic rings. The Morgan fingerprint density at radius 3 is 0.764 bits per heavy atom. The Labute approximate surface area is 794 Å². The molecule has 0 unspecified atom stereocenters. The van der Waals surface area contributed by atoms with E-state index < -0.39 is 66.3 Å². The molecule has 5 aromatic heterocycles. The summed E-state index contributed by atoms with van der Waals surface area (Å²) in [7, 11) is 11.1. The van der Waals surface area contributed by atoms with Gasteiger partial charge in [0.15, 0.2) is 0 Å². The summed E-state index contributed by atoms with van der Waals surface area (Å²) >= 11 is -9.50. The van der Waals surface area contributed by atoms with Gasteiger partial charge in [-0.2, -0.15) is 0 Å². The van der Waals surface area contributed by atoms with Crippen molar-refractivity contribution in [1.82, 2.24) is 0 Å². The number of benzene rings is 5. The third-order valence-corrected chi connectivity index (χ3v) is 47.1. The van der Waals surface area contributed by atoms with Crippen molar-refractivity contribution in [2.24, 2.45) is 70.7 Å². The van der Waals surface area contributed by atoms with Crippen LogP contribution in [0, 0.1) is 77.0 Å². The van der Waals surface area contributed by atoms with E-state index in [-0.39, 0.29) is 5.41 Å². The van der Waals surface area contributed by atoms with Gasteiger partial charge >= 0.3 is 802 Å². The van der Waals surface area contributed by atoms with Crippen LogP contribution in [0.5, 0.6) is 0 Å². The molecule has 127 heavy (non-hydrogen) atoms. The van der Waals surface area contributed by atoms with Gasteiger partial charge in [-0.1, -0.05) is 0 Å². The Morgan fingerprint density at radius 1 is 0.268 bits per heavy atom. The summed E-state index contributed by atoms with van der Waals surface area (Å²) in [6.07, 6.45) is 21.6. The molecule has 0 saturated carbocycles. The molecule has 10 heteroatoms. The maximum absolute atomic E-state index is 2.51. The average molecular weight is 2020 g/mol. The van der Waals surface area contributed by atoms with Gasteiger partial charge in [-0.3, -0.25) is 0 Å². The number of aromatic nitrogens is 5. The fourth-order valence-electron chi connectivity index (χ4n) is 18.3. The number of aryl methyl sites for hydroxylation is 11. The predicted octanol–water partition coefficient (Wildman–Crippen LogP) is 27.0. The Morgan fingerprint density at radius 2 is 0.504 bits per heavy atom. The zero-order chi connectivity index (χ0) is 96.2. The van der Waals surface area contributed by atoms with Crippen LogP contribution in [0.4, 0.5) is 0 Å². The Bertz CT molecular complexity index is 5330. The molecule has 5 heterocycles. The first kappa shape index (κ1) is 110. The molecule has 0 amide bonds. The molecule has 0 bridgehead atoms. The van der Waals surface area contributed by atoms with E-state index in [1.165, 1.54) is 157 Å². The Hall–Kier alpha value is -5.44. The van der Waals surface area contributed by atoms with Crippen molar-refractivity contribution in [3.63, 3.8) is 0 Å². The van der Waals surface area contributed by atoms with E-state index in [9.17, 15) is 0 Å². The number of hydrogen-bond donors (Lipinski definition) is 0. The third kappa shape index (κ3) is 31.6. The Balaban J connectivity index is 0.000000245. The SMILES string of the molecule is CCC(CC)c1ccc(C)c(-c2cc(CC(C)C)[c]([Ge]([CH3])([CH3])[CH3])c[n+]2C)c1.Cc1ccc(C(C)(C)C)cc1-c1cc(CC(C)C)[c]([Ge]([CH3])([CH3])[CH3])c[n+]1C.Cc1ccc(C(C)C)cc1-c1cc(CC(C)C)[c]([Ge]([CH3])([CH3])[CH3])c[n+]1C.Cc1ccc(C)c(-c2cc(CC(C)C)[c]([Ge]([CH3])([CH3])[CH3])c[n+]2C)c1.Cc1ccc(CC(C)C)cc1-c1cc(CC(C)C)[c]([Ge]([CH3])([CH3])[CH3])c[n+]1C. The van der Waals surface area contributed by atoms with Crippen molar-refractivity contribution in [3.8, 4) is 56.3 Å². The van der Waals surface area contributed by atoms with Crippen LogP contribution in [0.3, 0.4) is 0 Å². The van der Waals surface area contributed by atoms with Crippen LogP contribution in [0.1, 0.15) is 240 Å². The first-order chi connectivity index (χ1) is 58.5. The van der Waals surface area contributed by atoms with Crippen LogP contribution < -0.4 is 44.8 Å². The fraction of sp³-hybridized carbons (Fsp3) is 0.530. The summed E-state index contributed by atoms with van der Waals surface area (Å²) in [5.74, 6) is 42.9. The molecule has 0 radical (unpaired) electrons. The van der Waals surface area contributed by atoms with E-state index in [0.29, 0.717) is 47.3 Å². The zero-order valence-electron chi connectivity index (χ0n) is 89.9. The molecule has 5 aromatic carbocycles. The normalized spacial score (nSPS) is 12.3. The fourth-order valence-corrected chi connectivity index (χ4v) is 36.4. The minimum atomic E-state index is -1.91. The van der Waals surface area contributed by atoms with Crippen molar-refractivity contribution in [2.75, 3.05) is 0 Å². The number of hydrogen-bond acceptors (Lipinski definition) is 0. The molecule has 5 nitrogen and oxygen atoms in total. The summed E-state index contributed by atoms with van der Waals surface area (Å²) in [6, 6.07) is 47.3. The van der Waals surface area contributed by atoms with E-state index in [1.54, 1.807) is 49.8 Å². The van der Waals surface area contributed by atoms with Gasteiger partial charge in [0.05, 0.1) is 0 Å². The molecule has 0 fully saturated rings. The average Bonchev–Trinajstić information content (AvgIpc) is 0.797. The molecule has 0 atom stereocenters. The number of pyridine rings is 5. The van der Waals surface area contributed by atoms with Crippen LogP contribution in [0.2, 0.25) is 86.3 Å². The molecule has 0 saturated heterocycles. The van der Waals surface area contributed by atoms with Crippen LogP contribution >= 0.6 is 0 Å². The van der Waals surface area contributed by atoms with Gasteiger partial charge in [-0.05, 0) is 0 Å². The molecular formula is C117H184Ge5N5+5. The van der Waals surface area contributed by atoms with E-state index in [2.05, 4.69) is 470 Å². The summed E-state index contributed by atoms with van der Waals surface area (Å²) in [4.78, 5) is 0. The topological polar surface area (TPSA) is 19.4 Å². The van der Waals surface area contributed by atoms with Gasteiger partial charge in [0.1, 0.15) is 0 Å². The van der Waals surface area contributed by atoms with Gasteiger partial charge < -0.3 is 0 Å². The van der Waals surface area contributed by atoms with Gasteiger partial charge in [0, 0.05) is 0 Å². The molecule has 692 valence electrons. The molecule has 0 N–H and O–H groups in total. The quantitative estimate of drug-likeness (QED) is 0.0380. The van der Waals surface area contributed by atoms with E-state index in [4.69, 9.17) is 0 Å². The van der Waals surface area contributed by atoms with Crippen LogP contribution in [0.25, 0.3) is 56.3 Å². The van der Waals surface area contributed by atoms with Gasteiger partial charge in [-0.15, -0.1) is 0 Å². The first-order valence-corrected chi connectivity index (χ1v) is 85.8. The third-order valence-electron chi connectivity index (χ3n) is 25.4. The van der Waals surface area contributed by atoms with Gasteiger partial charge in [-0.25, -0.2) is 0 Å². The molecule has 10 aromatic rings. The van der Waals surface area contributed by atoms with E-state index >= 15 is 0 Å². The molecular weight excluding hydrogens is 1840 g/mol. The zero-order valence-corrected chi connectivity index (χ0v) is 100. The standard InChI is InChI=1S/C25H40GeN.2C24H38GeN.C23H36GeN.C21H32GeN/c1-10-20(11-2)21-13-12-19(5)23(15-21)25-16-22(14-18(3)4)24(17-27(25)9)26(6,7)8;1-17(2)13-19-14-23(26(10)16-22(19)25(7,8)9)21-15-20(24(4,5)6)12-11-18(21)3;1-17(2)12-20-11-10-19(5)22(14-20)24-15-21(13-18(3)4)23(16-26(24)9)25(6,7)8;1-16(2)12-20-14-23(25(9)15-22(20)24(6,7)8)21-13-19(17(3)4)11-10-18(21)5;1-15(2)11-18-13-21(19-12-16(3)9-10-17(19)4)23(8)14-20(18)22(5,6)7/h12-13,15-18,20H,10-11,14H2,1-9H3;11-12,14-17H,13H2,1-10H3;10-11,14-18H,12-13H2,1-9H3;10-11,13-17H,12H2,1-9H3;9-10,12-15H,11H2,1-8H3/q5*+1. The van der Waals surface area contributed by atoms with Gasteiger partial charge in [0.2, 0.25) is 0 Å². The van der Waals surface area contributed by atoms with E-state index in [0.717, 1.165) is 6.42 Å². The van der Waals surface area contributed by atoms with Gasteiger partial charge in [0.25, 0.3) is 0 Å². The number of nitrogens with zero attached hydrogens (tertiary/aromatic N) is 5. The van der Waals surface area contributed by atoms with Crippen LogP contribution in [-0.2, 0) is 79.2 Å². The molecule has 0 aliphatic carbocycles. The summed E-state index contributed by atoms with van der Waals surface area (Å²) in [6.45, 7) is 57.3. The van der Waals surface area contributed by atoms with Crippen molar-refractivity contribution >= 4 is 88.3 Å². The monoisotopic (exact) mass is 2030 g/mol. The Kier molecular flexibility index (Phi) is 40.4. The molecule has 0 aliphatic heterocycles. The minimum absolute atomic E-state index is 0.169. The second kappa shape index (κ2) is 46.5. The summed E-state index contributed by atoms with van der Waals surface area (Å²) in [5.41, 5.74) is 35.6. The maximum atomic E-state index is 2.51. The number of rotatable bonds is 26. The summed E-state index contributed by atoms with van der Waals surface area (Å²) < 4.78 is 20.1. The molecule has 10 rings (SSSR count). The van der Waals surface area contributed by atoms with Crippen molar-refractivity contribution in [1.29, 1.82) is 0 Å². The van der Waals surface area contributed by atoms with E-state index in [1.807, 2.05) is 0 Å². The van der Waals surface area contributed by atoms with Crippen LogP contribution in [0.15, 0.2) is 152 Å². The van der Waals surface area contributed by atoms with Crippen molar-refractivity contribution in [3.05, 3.63) is 236 Å². The molecule has 0 spiro atoms.